The van der Waals surface area contributed by atoms with Crippen LogP contribution in [0.5, 0.6) is 11.6 Å². The van der Waals surface area contributed by atoms with Crippen LogP contribution in [0.15, 0.2) is 12.1 Å². The Morgan fingerprint density at radius 1 is 1.35 bits per heavy atom. The van der Waals surface area contributed by atoms with E-state index in [4.69, 9.17) is 10.5 Å². The second kappa shape index (κ2) is 5.53. The van der Waals surface area contributed by atoms with E-state index >= 15 is 0 Å². The Kier molecular flexibility index (Phi) is 3.97. The van der Waals surface area contributed by atoms with E-state index < -0.39 is 0 Å². The van der Waals surface area contributed by atoms with Crippen molar-refractivity contribution in [1.82, 2.24) is 14.8 Å². The van der Waals surface area contributed by atoms with Crippen molar-refractivity contribution in [3.05, 3.63) is 29.2 Å². The van der Waals surface area contributed by atoms with Gasteiger partial charge in [-0.15, -0.1) is 0 Å². The molecule has 0 fully saturated rings. The minimum absolute atomic E-state index is 0.264. The van der Waals surface area contributed by atoms with E-state index in [0.29, 0.717) is 11.6 Å². The fourth-order valence-corrected chi connectivity index (χ4v) is 2.14. The number of pyridine rings is 1. The molecular formula is C15H22N4O. The van der Waals surface area contributed by atoms with Gasteiger partial charge in [0.15, 0.2) is 5.75 Å². The number of hydrogen-bond acceptors (Lipinski definition) is 4. The predicted octanol–water partition coefficient (Wildman–Crippen LogP) is 3.18. The molecule has 0 bridgehead atoms. The third kappa shape index (κ3) is 2.61. The largest absolute Gasteiger partial charge is 0.435 e. The highest BCUT2D eigenvalue weighted by atomic mass is 16.5. The molecule has 0 saturated carbocycles. The van der Waals surface area contributed by atoms with Gasteiger partial charge in [-0.05, 0) is 31.4 Å². The van der Waals surface area contributed by atoms with Gasteiger partial charge in [-0.25, -0.2) is 4.68 Å². The summed E-state index contributed by atoms with van der Waals surface area (Å²) >= 11 is 0. The molecule has 5 heteroatoms. The van der Waals surface area contributed by atoms with E-state index in [1.807, 2.05) is 26.1 Å². The molecule has 0 aliphatic heterocycles. The monoisotopic (exact) mass is 274 g/mol. The summed E-state index contributed by atoms with van der Waals surface area (Å²) in [6.07, 6.45) is 0.811. The zero-order chi connectivity index (χ0) is 14.9. The first kappa shape index (κ1) is 14.4. The first-order valence-electron chi connectivity index (χ1n) is 6.90. The Labute approximate surface area is 119 Å². The number of nitrogen functional groups attached to an aromatic ring is 1. The topological polar surface area (TPSA) is 66.0 Å². The van der Waals surface area contributed by atoms with Crippen molar-refractivity contribution in [2.45, 2.75) is 40.0 Å². The molecule has 2 aromatic heterocycles. The van der Waals surface area contributed by atoms with Crippen LogP contribution in [-0.4, -0.2) is 14.8 Å². The molecule has 2 N–H and O–H groups in total. The van der Waals surface area contributed by atoms with Crippen LogP contribution in [-0.2, 0) is 13.5 Å². The lowest BCUT2D eigenvalue weighted by Gasteiger charge is -2.10. The number of aryl methyl sites for hydroxylation is 3. The van der Waals surface area contributed by atoms with Crippen molar-refractivity contribution in [1.29, 1.82) is 0 Å². The van der Waals surface area contributed by atoms with Gasteiger partial charge >= 0.3 is 0 Å². The molecule has 20 heavy (non-hydrogen) atoms. The number of nitrogens with two attached hydrogens (primary N) is 1. The Morgan fingerprint density at radius 2 is 2.05 bits per heavy atom. The normalized spacial score (nSPS) is 11.1. The number of anilines is 1. The van der Waals surface area contributed by atoms with Crippen molar-refractivity contribution in [3.8, 4) is 11.6 Å². The molecule has 2 rings (SSSR count). The van der Waals surface area contributed by atoms with Gasteiger partial charge in [-0.3, -0.25) is 4.98 Å². The van der Waals surface area contributed by atoms with Crippen LogP contribution in [0.4, 0.5) is 5.69 Å². The van der Waals surface area contributed by atoms with Crippen LogP contribution in [0.1, 0.15) is 43.8 Å². The second-order valence-electron chi connectivity index (χ2n) is 5.24. The van der Waals surface area contributed by atoms with E-state index in [9.17, 15) is 0 Å². The molecule has 0 radical (unpaired) electrons. The van der Waals surface area contributed by atoms with Gasteiger partial charge < -0.3 is 10.5 Å². The smallest absolute Gasteiger partial charge is 0.241 e. The maximum absolute atomic E-state index is 6.15. The Hall–Kier alpha value is -2.04. The van der Waals surface area contributed by atoms with Gasteiger partial charge in [0, 0.05) is 12.7 Å². The number of hydrogen-bond donors (Lipinski definition) is 1. The summed E-state index contributed by atoms with van der Waals surface area (Å²) in [6, 6.07) is 3.87. The highest BCUT2D eigenvalue weighted by Crippen LogP contribution is 2.34. The molecule has 2 heterocycles. The molecule has 5 nitrogen and oxygen atoms in total. The molecule has 0 spiro atoms. The van der Waals surface area contributed by atoms with Crippen molar-refractivity contribution >= 4 is 5.69 Å². The van der Waals surface area contributed by atoms with Crippen molar-refractivity contribution in [2.75, 3.05) is 5.73 Å². The maximum atomic E-state index is 6.15. The predicted molar refractivity (Wildman–Crippen MR) is 80.1 cm³/mol. The molecule has 0 aromatic carbocycles. The number of ether oxygens (including phenoxy) is 1. The Bertz CT molecular complexity index is 617. The fourth-order valence-electron chi connectivity index (χ4n) is 2.14. The van der Waals surface area contributed by atoms with Gasteiger partial charge in [0.05, 0.1) is 11.4 Å². The first-order chi connectivity index (χ1) is 9.43. The zero-order valence-corrected chi connectivity index (χ0v) is 12.8. The fraction of sp³-hybridized carbons (Fsp3) is 0.467. The minimum atomic E-state index is 0.264. The molecule has 0 atom stereocenters. The molecule has 0 saturated heterocycles. The van der Waals surface area contributed by atoms with Crippen LogP contribution in [0.25, 0.3) is 0 Å². The molecule has 0 unspecified atom stereocenters. The van der Waals surface area contributed by atoms with Gasteiger partial charge in [0.1, 0.15) is 5.69 Å². The quantitative estimate of drug-likeness (QED) is 0.929. The average molecular weight is 274 g/mol. The van der Waals surface area contributed by atoms with Gasteiger partial charge in [0.25, 0.3) is 0 Å². The summed E-state index contributed by atoms with van der Waals surface area (Å²) in [4.78, 5) is 4.49. The van der Waals surface area contributed by atoms with Crippen LogP contribution in [0, 0.1) is 6.92 Å². The van der Waals surface area contributed by atoms with E-state index in [1.165, 1.54) is 0 Å². The summed E-state index contributed by atoms with van der Waals surface area (Å²) < 4.78 is 7.65. The van der Waals surface area contributed by atoms with E-state index in [2.05, 4.69) is 30.9 Å². The minimum Gasteiger partial charge on any atom is -0.435 e. The van der Waals surface area contributed by atoms with E-state index in [0.717, 1.165) is 29.3 Å². The van der Waals surface area contributed by atoms with Crippen LogP contribution >= 0.6 is 0 Å². The van der Waals surface area contributed by atoms with Crippen LogP contribution < -0.4 is 10.5 Å². The van der Waals surface area contributed by atoms with Gasteiger partial charge in [-0.1, -0.05) is 20.8 Å². The summed E-state index contributed by atoms with van der Waals surface area (Å²) in [5.74, 6) is 1.58. The lowest BCUT2D eigenvalue weighted by molar-refractivity contribution is 0.425. The van der Waals surface area contributed by atoms with Crippen molar-refractivity contribution in [2.24, 2.45) is 7.05 Å². The number of aromatic nitrogens is 3. The first-order valence-corrected chi connectivity index (χ1v) is 6.90. The maximum Gasteiger partial charge on any atom is 0.241 e. The van der Waals surface area contributed by atoms with Crippen LogP contribution in [0.2, 0.25) is 0 Å². The molecule has 2 aromatic rings. The Balaban J connectivity index is 2.40. The SMILES string of the molecule is CCc1nc(C)ccc1Oc1c(N)c(C(C)C)nn1C. The average Bonchev–Trinajstić information content (AvgIpc) is 2.68. The lowest BCUT2D eigenvalue weighted by Crippen LogP contribution is -2.01. The standard InChI is InChI=1S/C15H22N4O/c1-6-11-12(8-7-10(4)17-11)20-15-13(16)14(9(2)3)18-19(15)5/h7-9H,6,16H2,1-5H3. The summed E-state index contributed by atoms with van der Waals surface area (Å²) in [7, 11) is 1.84. The lowest BCUT2D eigenvalue weighted by atomic mass is 10.1. The summed E-state index contributed by atoms with van der Waals surface area (Å²) in [5.41, 5.74) is 9.52. The summed E-state index contributed by atoms with van der Waals surface area (Å²) in [6.45, 7) is 8.15. The molecule has 108 valence electrons. The van der Waals surface area contributed by atoms with E-state index in [1.54, 1.807) is 4.68 Å². The Morgan fingerprint density at radius 3 is 2.60 bits per heavy atom. The molecule has 0 aliphatic rings. The zero-order valence-electron chi connectivity index (χ0n) is 12.8. The molecule has 0 aliphatic carbocycles. The third-order valence-corrected chi connectivity index (χ3v) is 3.22. The van der Waals surface area contributed by atoms with E-state index in [-0.39, 0.29) is 5.92 Å². The van der Waals surface area contributed by atoms with Crippen molar-refractivity contribution < 1.29 is 4.74 Å². The molecule has 0 amide bonds. The molecular weight excluding hydrogens is 252 g/mol. The second-order valence-corrected chi connectivity index (χ2v) is 5.24. The van der Waals surface area contributed by atoms with Crippen molar-refractivity contribution in [3.63, 3.8) is 0 Å². The van der Waals surface area contributed by atoms with Gasteiger partial charge in [0.2, 0.25) is 5.88 Å². The number of nitrogens with zero attached hydrogens (tertiary/aromatic N) is 3. The number of rotatable bonds is 4. The third-order valence-electron chi connectivity index (χ3n) is 3.22. The van der Waals surface area contributed by atoms with Crippen LogP contribution in [0.3, 0.4) is 0 Å². The highest BCUT2D eigenvalue weighted by molar-refractivity contribution is 5.55. The highest BCUT2D eigenvalue weighted by Gasteiger charge is 2.18. The van der Waals surface area contributed by atoms with Gasteiger partial charge in [-0.2, -0.15) is 5.10 Å². The summed E-state index contributed by atoms with van der Waals surface area (Å²) in [5, 5.41) is 4.43.